The Morgan fingerprint density at radius 3 is 2.62 bits per heavy atom. The largest absolute Gasteiger partial charge is 0.315 e. The first-order chi connectivity index (χ1) is 7.50. The summed E-state index contributed by atoms with van der Waals surface area (Å²) in [5.74, 6) is 0.635. The minimum Gasteiger partial charge on any atom is -0.315 e. The van der Waals surface area contributed by atoms with Crippen molar-refractivity contribution in [3.63, 3.8) is 0 Å². The highest BCUT2D eigenvalue weighted by atomic mass is 32.2. The van der Waals surface area contributed by atoms with E-state index < -0.39 is 9.84 Å². The van der Waals surface area contributed by atoms with Crippen molar-refractivity contribution in [2.24, 2.45) is 0 Å². The molecule has 0 bridgehead atoms. The molecule has 2 unspecified atom stereocenters. The van der Waals surface area contributed by atoms with E-state index in [0.29, 0.717) is 24.1 Å². The van der Waals surface area contributed by atoms with Crippen LogP contribution in [0.25, 0.3) is 0 Å². The maximum absolute atomic E-state index is 11.5. The Hall–Kier alpha value is -0.130. The van der Waals surface area contributed by atoms with E-state index in [-0.39, 0.29) is 6.04 Å². The number of hydrogen-bond acceptors (Lipinski definition) is 4. The third-order valence-corrected chi connectivity index (χ3v) is 5.09. The van der Waals surface area contributed by atoms with Crippen LogP contribution in [0, 0.1) is 0 Å². The topological polar surface area (TPSA) is 49.4 Å². The molecule has 1 aliphatic heterocycles. The number of nitrogens with one attached hydrogen (secondary N) is 1. The Morgan fingerprint density at radius 1 is 1.44 bits per heavy atom. The van der Waals surface area contributed by atoms with Crippen LogP contribution in [0.15, 0.2) is 0 Å². The minimum absolute atomic E-state index is 0.155. The molecule has 1 saturated heterocycles. The average molecular weight is 248 g/mol. The molecule has 5 heteroatoms. The van der Waals surface area contributed by atoms with Crippen molar-refractivity contribution in [1.29, 1.82) is 0 Å². The average Bonchev–Trinajstić information content (AvgIpc) is 2.20. The fourth-order valence-corrected chi connectivity index (χ4v) is 3.94. The molecule has 1 fully saturated rings. The Kier molecular flexibility index (Phi) is 5.21. The number of likely N-dealkylation sites (N-methyl/N-ethyl adjacent to an activating group) is 1. The molecule has 16 heavy (non-hydrogen) atoms. The van der Waals surface area contributed by atoms with Gasteiger partial charge in [0, 0.05) is 25.2 Å². The van der Waals surface area contributed by atoms with Gasteiger partial charge in [-0.25, -0.2) is 8.42 Å². The van der Waals surface area contributed by atoms with E-state index in [2.05, 4.69) is 24.1 Å². The zero-order valence-electron chi connectivity index (χ0n) is 10.6. The van der Waals surface area contributed by atoms with Gasteiger partial charge in [0.15, 0.2) is 9.84 Å². The van der Waals surface area contributed by atoms with E-state index in [9.17, 15) is 8.42 Å². The number of rotatable bonds is 5. The lowest BCUT2D eigenvalue weighted by Crippen LogP contribution is -2.54. The summed E-state index contributed by atoms with van der Waals surface area (Å²) in [5.41, 5.74) is 0. The molecule has 0 radical (unpaired) electrons. The summed E-state index contributed by atoms with van der Waals surface area (Å²) in [4.78, 5) is 2.34. The zero-order chi connectivity index (χ0) is 12.2. The molecule has 2 atom stereocenters. The second kappa shape index (κ2) is 5.98. The van der Waals surface area contributed by atoms with Crippen molar-refractivity contribution in [1.82, 2.24) is 10.2 Å². The highest BCUT2D eigenvalue weighted by Gasteiger charge is 2.31. The van der Waals surface area contributed by atoms with Gasteiger partial charge >= 0.3 is 0 Å². The number of nitrogens with zero attached hydrogens (tertiary/aromatic N) is 1. The molecule has 1 aliphatic rings. The summed E-state index contributed by atoms with van der Waals surface area (Å²) in [7, 11) is -2.79. The number of hydrogen-bond donors (Lipinski definition) is 1. The molecular weight excluding hydrogens is 224 g/mol. The first kappa shape index (κ1) is 13.9. The lowest BCUT2D eigenvalue weighted by molar-refractivity contribution is 0.150. The first-order valence-corrected chi connectivity index (χ1v) is 7.99. The molecular formula is C11H24N2O2S. The van der Waals surface area contributed by atoms with Crippen molar-refractivity contribution in [2.45, 2.75) is 39.3 Å². The highest BCUT2D eigenvalue weighted by Crippen LogP contribution is 2.16. The van der Waals surface area contributed by atoms with Gasteiger partial charge in [-0.2, -0.15) is 0 Å². The van der Waals surface area contributed by atoms with Crippen LogP contribution < -0.4 is 5.32 Å². The molecule has 0 aliphatic carbocycles. The monoisotopic (exact) mass is 248 g/mol. The van der Waals surface area contributed by atoms with Gasteiger partial charge in [-0.1, -0.05) is 13.8 Å². The molecule has 0 saturated carbocycles. The number of sulfone groups is 1. The quantitative estimate of drug-likeness (QED) is 0.769. The molecule has 0 amide bonds. The van der Waals surface area contributed by atoms with Gasteiger partial charge in [0.2, 0.25) is 0 Å². The van der Waals surface area contributed by atoms with Crippen LogP contribution in [0.5, 0.6) is 0 Å². The van der Waals surface area contributed by atoms with E-state index in [1.54, 1.807) is 0 Å². The molecule has 1 heterocycles. The van der Waals surface area contributed by atoms with Crippen LogP contribution in [0.4, 0.5) is 0 Å². The van der Waals surface area contributed by atoms with E-state index in [4.69, 9.17) is 0 Å². The third-order valence-electron chi connectivity index (χ3n) is 3.29. The van der Waals surface area contributed by atoms with Gasteiger partial charge in [0.25, 0.3) is 0 Å². The molecule has 0 spiro atoms. The Morgan fingerprint density at radius 2 is 2.12 bits per heavy atom. The van der Waals surface area contributed by atoms with Gasteiger partial charge in [0.05, 0.1) is 11.5 Å². The van der Waals surface area contributed by atoms with Crippen LogP contribution in [0.2, 0.25) is 0 Å². The molecule has 4 nitrogen and oxygen atoms in total. The fourth-order valence-electron chi connectivity index (χ4n) is 2.36. The van der Waals surface area contributed by atoms with Crippen molar-refractivity contribution in [2.75, 3.05) is 31.1 Å². The normalized spacial score (nSPS) is 27.8. The minimum atomic E-state index is -2.79. The van der Waals surface area contributed by atoms with Crippen LogP contribution in [0.3, 0.4) is 0 Å². The molecule has 0 aromatic heterocycles. The zero-order valence-corrected chi connectivity index (χ0v) is 11.4. The summed E-state index contributed by atoms with van der Waals surface area (Å²) in [6, 6.07) is 0.618. The lowest BCUT2D eigenvalue weighted by Gasteiger charge is -2.39. The molecule has 0 aromatic carbocycles. The second-order valence-corrected chi connectivity index (χ2v) is 6.80. The predicted molar refractivity (Wildman–Crippen MR) is 67.4 cm³/mol. The van der Waals surface area contributed by atoms with Crippen LogP contribution >= 0.6 is 0 Å². The lowest BCUT2D eigenvalue weighted by atomic mass is 10.1. The van der Waals surface area contributed by atoms with E-state index in [1.807, 2.05) is 6.92 Å². The molecule has 1 rings (SSSR count). The Balaban J connectivity index is 2.58. The SMILES string of the molecule is CCNCC(CC)N1CCS(=O)(=O)CC1C. The molecule has 1 N–H and O–H groups in total. The van der Waals surface area contributed by atoms with Crippen molar-refractivity contribution >= 4 is 9.84 Å². The van der Waals surface area contributed by atoms with Gasteiger partial charge in [-0.3, -0.25) is 4.90 Å². The van der Waals surface area contributed by atoms with E-state index in [0.717, 1.165) is 19.5 Å². The fraction of sp³-hybridized carbons (Fsp3) is 1.00. The van der Waals surface area contributed by atoms with Crippen LogP contribution in [-0.2, 0) is 9.84 Å². The summed E-state index contributed by atoms with van der Waals surface area (Å²) >= 11 is 0. The van der Waals surface area contributed by atoms with Crippen molar-refractivity contribution in [3.8, 4) is 0 Å². The third kappa shape index (κ3) is 3.71. The summed E-state index contributed by atoms with van der Waals surface area (Å²) in [5, 5.41) is 3.35. The second-order valence-electron chi connectivity index (χ2n) is 4.57. The van der Waals surface area contributed by atoms with Crippen LogP contribution in [-0.4, -0.2) is 56.5 Å². The van der Waals surface area contributed by atoms with Gasteiger partial charge in [0.1, 0.15) is 0 Å². The van der Waals surface area contributed by atoms with Crippen LogP contribution in [0.1, 0.15) is 27.2 Å². The van der Waals surface area contributed by atoms with E-state index in [1.165, 1.54) is 0 Å². The summed E-state index contributed by atoms with van der Waals surface area (Å²) < 4.78 is 23.0. The van der Waals surface area contributed by atoms with Crippen molar-refractivity contribution in [3.05, 3.63) is 0 Å². The standard InChI is InChI=1S/C11H24N2O2S/c1-4-11(8-12-5-2)13-6-7-16(14,15)9-10(13)3/h10-12H,4-9H2,1-3H3. The maximum atomic E-state index is 11.5. The summed E-state index contributed by atoms with van der Waals surface area (Å²) in [6.07, 6.45) is 1.07. The Labute approximate surface area is 99.3 Å². The predicted octanol–water partition coefficient (Wildman–Crippen LogP) is 0.493. The highest BCUT2D eigenvalue weighted by molar-refractivity contribution is 7.91. The van der Waals surface area contributed by atoms with Gasteiger partial charge in [-0.15, -0.1) is 0 Å². The molecule has 0 aromatic rings. The van der Waals surface area contributed by atoms with Gasteiger partial charge < -0.3 is 5.32 Å². The molecule has 96 valence electrons. The van der Waals surface area contributed by atoms with Gasteiger partial charge in [-0.05, 0) is 19.9 Å². The Bertz CT molecular complexity index is 303. The summed E-state index contributed by atoms with van der Waals surface area (Å²) in [6.45, 7) is 8.89. The van der Waals surface area contributed by atoms with Crippen molar-refractivity contribution < 1.29 is 8.42 Å². The van der Waals surface area contributed by atoms with E-state index >= 15 is 0 Å². The smallest absolute Gasteiger partial charge is 0.153 e. The first-order valence-electron chi connectivity index (χ1n) is 6.17. The maximum Gasteiger partial charge on any atom is 0.153 e.